The molecule has 0 aliphatic carbocycles. The van der Waals surface area contributed by atoms with Crippen LogP contribution in [0, 0.1) is 23.2 Å². The summed E-state index contributed by atoms with van der Waals surface area (Å²) in [6, 6.07) is 1.26. The highest BCUT2D eigenvalue weighted by Gasteiger charge is 2.39. The zero-order valence-corrected chi connectivity index (χ0v) is 15.6. The highest BCUT2D eigenvalue weighted by molar-refractivity contribution is 5.70. The quantitative estimate of drug-likeness (QED) is 0.381. The molecule has 1 aromatic heterocycles. The molecule has 2 aliphatic heterocycles. The lowest BCUT2D eigenvalue weighted by atomic mass is 9.88. The van der Waals surface area contributed by atoms with Crippen LogP contribution >= 0.6 is 0 Å². The van der Waals surface area contributed by atoms with Crippen LogP contribution in [0.4, 0.5) is 14.5 Å². The van der Waals surface area contributed by atoms with E-state index in [2.05, 4.69) is 28.6 Å². The maximum Gasteiger partial charge on any atom is 0.241 e. The molecule has 144 valence electrons. The molecule has 3 heterocycles. The molecular weight excluding hydrogens is 352 g/mol. The number of aromatic nitrogens is 1. The largest absolute Gasteiger partial charge is 0.362 e. The van der Waals surface area contributed by atoms with E-state index in [-0.39, 0.29) is 17.6 Å². The van der Waals surface area contributed by atoms with E-state index in [1.54, 1.807) is 12.7 Å². The van der Waals surface area contributed by atoms with Crippen LogP contribution in [0.2, 0.25) is 0 Å². The number of hydrogen-bond acceptors (Lipinski definition) is 5. The molecule has 0 amide bonds. The molecule has 2 aliphatic rings. The van der Waals surface area contributed by atoms with E-state index in [9.17, 15) is 8.78 Å². The lowest BCUT2D eigenvalue weighted by Crippen LogP contribution is -2.45. The number of hydrazone groups is 1. The predicted molar refractivity (Wildman–Crippen MR) is 102 cm³/mol. The Hall–Kier alpha value is -2.84. The van der Waals surface area contributed by atoms with Crippen LogP contribution in [-0.2, 0) is 6.42 Å². The molecule has 9 heteroatoms. The van der Waals surface area contributed by atoms with Crippen molar-refractivity contribution < 1.29 is 8.78 Å². The number of pyridine rings is 1. The Balaban J connectivity index is 2.09. The van der Waals surface area contributed by atoms with Gasteiger partial charge in [0.1, 0.15) is 24.5 Å². The van der Waals surface area contributed by atoms with Crippen molar-refractivity contribution in [3.8, 4) is 0 Å². The Bertz CT molecular complexity index is 807. The molecular formula is C18H23F2N7. The first-order valence-electron chi connectivity index (χ1n) is 8.68. The van der Waals surface area contributed by atoms with Crippen molar-refractivity contribution in [1.82, 2.24) is 14.8 Å². The van der Waals surface area contributed by atoms with E-state index in [1.165, 1.54) is 11.1 Å². The number of anilines is 1. The first-order valence-corrected chi connectivity index (χ1v) is 8.68. The number of aryl methyl sites for hydroxylation is 1. The van der Waals surface area contributed by atoms with Gasteiger partial charge < -0.3 is 9.80 Å². The van der Waals surface area contributed by atoms with Crippen molar-refractivity contribution in [3.05, 3.63) is 35.7 Å². The van der Waals surface area contributed by atoms with Crippen molar-refractivity contribution in [3.63, 3.8) is 0 Å². The van der Waals surface area contributed by atoms with Crippen molar-refractivity contribution in [1.29, 1.82) is 5.41 Å². The van der Waals surface area contributed by atoms with Crippen LogP contribution in [0.3, 0.4) is 0 Å². The first-order chi connectivity index (χ1) is 12.8. The Kier molecular flexibility index (Phi) is 5.20. The zero-order valence-electron chi connectivity index (χ0n) is 15.6. The maximum atomic E-state index is 14.6. The molecule has 3 atom stereocenters. The number of fused-ring (bicyclic) bond motifs is 3. The molecule has 27 heavy (non-hydrogen) atoms. The molecule has 0 fully saturated rings. The molecule has 1 aromatic rings. The van der Waals surface area contributed by atoms with Gasteiger partial charge in [-0.25, -0.2) is 10.0 Å². The van der Waals surface area contributed by atoms with Gasteiger partial charge in [-0.2, -0.15) is 18.9 Å². The lowest BCUT2D eigenvalue weighted by Gasteiger charge is -2.36. The van der Waals surface area contributed by atoms with Crippen LogP contribution in [0.1, 0.15) is 18.9 Å². The zero-order chi connectivity index (χ0) is 19.7. The monoisotopic (exact) mass is 375 g/mol. The SMILES string of the molecule is C=C1C(C)C(N(C)/C=N\C=N)CCc2cc(F)nc(F)c2N2N=CN(C)C12. The molecule has 0 saturated heterocycles. The summed E-state index contributed by atoms with van der Waals surface area (Å²) in [5.41, 5.74) is 1.56. The van der Waals surface area contributed by atoms with Crippen molar-refractivity contribution in [2.24, 2.45) is 16.0 Å². The summed E-state index contributed by atoms with van der Waals surface area (Å²) in [5, 5.41) is 12.9. The fourth-order valence-electron chi connectivity index (χ4n) is 3.81. The molecule has 0 spiro atoms. The van der Waals surface area contributed by atoms with E-state index in [4.69, 9.17) is 5.41 Å². The van der Waals surface area contributed by atoms with E-state index < -0.39 is 18.1 Å². The molecule has 0 saturated carbocycles. The average Bonchev–Trinajstić information content (AvgIpc) is 3.00. The second-order valence-electron chi connectivity index (χ2n) is 6.89. The minimum Gasteiger partial charge on any atom is -0.362 e. The highest BCUT2D eigenvalue weighted by atomic mass is 19.1. The summed E-state index contributed by atoms with van der Waals surface area (Å²) >= 11 is 0. The summed E-state index contributed by atoms with van der Waals surface area (Å²) in [7, 11) is 3.72. The number of rotatable bonds is 3. The summed E-state index contributed by atoms with van der Waals surface area (Å²) in [5.74, 6) is -1.71. The van der Waals surface area contributed by atoms with Crippen molar-refractivity contribution >= 4 is 24.7 Å². The Morgan fingerprint density at radius 1 is 1.44 bits per heavy atom. The van der Waals surface area contributed by atoms with Crippen LogP contribution in [0.5, 0.6) is 0 Å². The van der Waals surface area contributed by atoms with Gasteiger partial charge in [0, 0.05) is 26.1 Å². The molecule has 3 unspecified atom stereocenters. The minimum absolute atomic E-state index is 0.0118. The van der Waals surface area contributed by atoms with Gasteiger partial charge in [-0.1, -0.05) is 13.5 Å². The number of aliphatic imine (C=N–C) groups is 1. The normalized spacial score (nSPS) is 25.1. The van der Waals surface area contributed by atoms with Gasteiger partial charge in [-0.05, 0) is 30.0 Å². The number of likely N-dealkylation sites (N-methyl/N-ethyl adjacent to an activating group) is 1. The molecule has 0 radical (unpaired) electrons. The minimum atomic E-state index is -0.875. The topological polar surface area (TPSA) is 71.2 Å². The summed E-state index contributed by atoms with van der Waals surface area (Å²) in [6.45, 7) is 6.32. The highest BCUT2D eigenvalue weighted by Crippen LogP contribution is 2.37. The van der Waals surface area contributed by atoms with Gasteiger partial charge in [-0.3, -0.25) is 5.41 Å². The molecule has 0 bridgehead atoms. The molecule has 1 N–H and O–H groups in total. The second-order valence-corrected chi connectivity index (χ2v) is 6.89. The van der Waals surface area contributed by atoms with Crippen LogP contribution in [0.25, 0.3) is 0 Å². The van der Waals surface area contributed by atoms with E-state index >= 15 is 0 Å². The third-order valence-electron chi connectivity index (χ3n) is 5.25. The Labute approximate surface area is 157 Å². The Morgan fingerprint density at radius 3 is 2.89 bits per heavy atom. The second kappa shape index (κ2) is 7.42. The maximum absolute atomic E-state index is 14.6. The average molecular weight is 375 g/mol. The van der Waals surface area contributed by atoms with Gasteiger partial charge in [-0.15, -0.1) is 0 Å². The number of nitrogens with one attached hydrogen (secondary N) is 1. The van der Waals surface area contributed by atoms with Crippen LogP contribution in [0.15, 0.2) is 28.3 Å². The summed E-state index contributed by atoms with van der Waals surface area (Å²) in [6.07, 6.45) is 4.84. The summed E-state index contributed by atoms with van der Waals surface area (Å²) < 4.78 is 28.4. The standard InChI is InChI=1S/C18H23F2N7/c1-11-12(2)18-26(4)10-23-27(18)16-13(7-15(19)24-17(16)20)5-6-14(11)25(3)9-22-8-21/h7-11,14,18,21H,2,5-6H2,1,3-4H3/b21-8?,22-9-. The van der Waals surface area contributed by atoms with Gasteiger partial charge in [0.2, 0.25) is 11.9 Å². The van der Waals surface area contributed by atoms with E-state index in [1.807, 2.05) is 23.9 Å². The van der Waals surface area contributed by atoms with Gasteiger partial charge in [0.05, 0.1) is 6.34 Å². The van der Waals surface area contributed by atoms with E-state index in [0.717, 1.165) is 11.9 Å². The lowest BCUT2D eigenvalue weighted by molar-refractivity contribution is 0.271. The first kappa shape index (κ1) is 18.9. The fourth-order valence-corrected chi connectivity index (χ4v) is 3.81. The Morgan fingerprint density at radius 2 is 2.19 bits per heavy atom. The molecule has 7 nitrogen and oxygen atoms in total. The third-order valence-corrected chi connectivity index (χ3v) is 5.25. The van der Waals surface area contributed by atoms with Gasteiger partial charge >= 0.3 is 0 Å². The number of nitrogens with zero attached hydrogens (tertiary/aromatic N) is 6. The summed E-state index contributed by atoms with van der Waals surface area (Å²) in [4.78, 5) is 11.0. The molecule has 0 aromatic carbocycles. The van der Waals surface area contributed by atoms with Crippen LogP contribution in [-0.4, -0.2) is 60.1 Å². The third kappa shape index (κ3) is 3.41. The van der Waals surface area contributed by atoms with E-state index in [0.29, 0.717) is 18.4 Å². The van der Waals surface area contributed by atoms with Crippen LogP contribution < -0.4 is 5.01 Å². The van der Waals surface area contributed by atoms with Gasteiger partial charge in [0.15, 0.2) is 0 Å². The van der Waals surface area contributed by atoms with Gasteiger partial charge in [0.25, 0.3) is 0 Å². The smallest absolute Gasteiger partial charge is 0.241 e. The number of halogens is 2. The van der Waals surface area contributed by atoms with Crippen molar-refractivity contribution in [2.75, 3.05) is 19.1 Å². The number of hydrogen-bond donors (Lipinski definition) is 1. The van der Waals surface area contributed by atoms with Crippen molar-refractivity contribution in [2.45, 2.75) is 32.0 Å². The molecule has 3 rings (SSSR count). The predicted octanol–water partition coefficient (Wildman–Crippen LogP) is 2.46. The fraction of sp³-hybridized carbons (Fsp3) is 0.444.